The average Bonchev–Trinajstić information content (AvgIpc) is 3.71. The highest BCUT2D eigenvalue weighted by molar-refractivity contribution is 5.85. The van der Waals surface area contributed by atoms with E-state index in [4.69, 9.17) is 0 Å². The van der Waals surface area contributed by atoms with Crippen molar-refractivity contribution < 1.29 is 4.39 Å². The highest BCUT2D eigenvalue weighted by Crippen LogP contribution is 2.26. The number of hydrogen-bond acceptors (Lipinski definition) is 5. The number of benzene rings is 2. The highest BCUT2D eigenvalue weighted by Gasteiger charge is 2.25. The normalized spacial score (nSPS) is 15.9. The molecule has 0 aliphatic carbocycles. The molecule has 1 fully saturated rings. The molecular formula is C28H31FN8. The SMILES string of the molecule is Fc1ccc(C(Cn2ccnc2)N2CCN(CCCc3c[nH]c4ccc(-n5cnnc5)cc34)CC2)cc1. The van der Waals surface area contributed by atoms with Gasteiger partial charge >= 0.3 is 0 Å². The maximum Gasteiger partial charge on any atom is 0.123 e. The van der Waals surface area contributed by atoms with Crippen LogP contribution in [0.1, 0.15) is 23.6 Å². The Labute approximate surface area is 215 Å². The third-order valence-electron chi connectivity index (χ3n) is 7.43. The van der Waals surface area contributed by atoms with Crippen molar-refractivity contribution in [1.82, 2.24) is 39.1 Å². The minimum Gasteiger partial charge on any atom is -0.361 e. The van der Waals surface area contributed by atoms with Crippen LogP contribution in [0.2, 0.25) is 0 Å². The van der Waals surface area contributed by atoms with Gasteiger partial charge in [-0.15, -0.1) is 10.2 Å². The summed E-state index contributed by atoms with van der Waals surface area (Å²) in [5, 5.41) is 9.11. The van der Waals surface area contributed by atoms with E-state index in [2.05, 4.69) is 58.9 Å². The quantitative estimate of drug-likeness (QED) is 0.332. The highest BCUT2D eigenvalue weighted by atomic mass is 19.1. The molecule has 1 atom stereocenters. The maximum atomic E-state index is 13.6. The number of aryl methyl sites for hydroxylation is 1. The van der Waals surface area contributed by atoms with E-state index in [0.717, 1.165) is 68.9 Å². The fourth-order valence-electron chi connectivity index (χ4n) is 5.37. The van der Waals surface area contributed by atoms with E-state index in [0.29, 0.717) is 0 Å². The number of nitrogens with zero attached hydrogens (tertiary/aromatic N) is 7. The van der Waals surface area contributed by atoms with E-state index in [1.54, 1.807) is 24.8 Å². The van der Waals surface area contributed by atoms with Crippen LogP contribution in [0.4, 0.5) is 4.39 Å². The molecule has 9 heteroatoms. The third kappa shape index (κ3) is 5.33. The van der Waals surface area contributed by atoms with Gasteiger partial charge in [-0.1, -0.05) is 12.1 Å². The number of imidazole rings is 1. The Hall–Kier alpha value is -3.82. The molecule has 1 N–H and O–H groups in total. The van der Waals surface area contributed by atoms with Gasteiger partial charge in [-0.25, -0.2) is 9.37 Å². The lowest BCUT2D eigenvalue weighted by Crippen LogP contribution is -2.48. The number of rotatable bonds is 9. The summed E-state index contributed by atoms with van der Waals surface area (Å²) in [6.45, 7) is 5.94. The predicted octanol–water partition coefficient (Wildman–Crippen LogP) is 4.08. The number of halogens is 1. The largest absolute Gasteiger partial charge is 0.361 e. The van der Waals surface area contributed by atoms with Crippen molar-refractivity contribution in [3.63, 3.8) is 0 Å². The molecule has 6 rings (SSSR count). The fraction of sp³-hybridized carbons (Fsp3) is 0.321. The van der Waals surface area contributed by atoms with E-state index in [-0.39, 0.29) is 11.9 Å². The molecule has 0 radical (unpaired) electrons. The molecule has 0 bridgehead atoms. The molecule has 4 heterocycles. The molecule has 1 aliphatic heterocycles. The van der Waals surface area contributed by atoms with Gasteiger partial charge in [0.05, 0.1) is 12.4 Å². The Morgan fingerprint density at radius 1 is 0.946 bits per heavy atom. The lowest BCUT2D eigenvalue weighted by molar-refractivity contribution is 0.0873. The van der Waals surface area contributed by atoms with Gasteiger partial charge in [0.2, 0.25) is 0 Å². The molecule has 1 aliphatic rings. The Morgan fingerprint density at radius 3 is 2.51 bits per heavy atom. The van der Waals surface area contributed by atoms with E-state index < -0.39 is 0 Å². The van der Waals surface area contributed by atoms with Crippen LogP contribution in [0.15, 0.2) is 80.0 Å². The Morgan fingerprint density at radius 2 is 1.76 bits per heavy atom. The first-order valence-corrected chi connectivity index (χ1v) is 12.9. The molecule has 5 aromatic rings. The lowest BCUT2D eigenvalue weighted by atomic mass is 10.0. The van der Waals surface area contributed by atoms with E-state index >= 15 is 0 Å². The summed E-state index contributed by atoms with van der Waals surface area (Å²) in [4.78, 5) is 12.7. The van der Waals surface area contributed by atoms with Gasteiger partial charge in [-0.05, 0) is 60.8 Å². The molecule has 8 nitrogen and oxygen atoms in total. The van der Waals surface area contributed by atoms with Gasteiger partial charge in [0, 0.05) is 67.9 Å². The topological polar surface area (TPSA) is 70.8 Å². The number of aromatic nitrogens is 6. The second-order valence-electron chi connectivity index (χ2n) is 9.72. The van der Waals surface area contributed by atoms with E-state index in [1.165, 1.54) is 10.9 Å². The summed E-state index contributed by atoms with van der Waals surface area (Å²) >= 11 is 0. The number of nitrogens with one attached hydrogen (secondary N) is 1. The van der Waals surface area contributed by atoms with Crippen LogP contribution in [0.3, 0.4) is 0 Å². The van der Waals surface area contributed by atoms with Gasteiger partial charge in [0.25, 0.3) is 0 Å². The number of aromatic amines is 1. The number of H-pyrrole nitrogens is 1. The number of hydrogen-bond donors (Lipinski definition) is 1. The van der Waals surface area contributed by atoms with Crippen LogP contribution in [-0.2, 0) is 13.0 Å². The van der Waals surface area contributed by atoms with Crippen LogP contribution >= 0.6 is 0 Å². The van der Waals surface area contributed by atoms with Crippen molar-refractivity contribution in [3.05, 3.63) is 97.0 Å². The number of fused-ring (bicyclic) bond motifs is 1. The maximum absolute atomic E-state index is 13.6. The molecule has 0 saturated carbocycles. The third-order valence-corrected chi connectivity index (χ3v) is 7.43. The Kier molecular flexibility index (Phi) is 6.79. The molecule has 0 spiro atoms. The lowest BCUT2D eigenvalue weighted by Gasteiger charge is -2.39. The summed E-state index contributed by atoms with van der Waals surface area (Å²) in [5.74, 6) is -0.194. The Balaban J connectivity index is 1.05. The zero-order valence-corrected chi connectivity index (χ0v) is 20.7. The van der Waals surface area contributed by atoms with Crippen LogP contribution in [0.5, 0.6) is 0 Å². The molecule has 1 unspecified atom stereocenters. The van der Waals surface area contributed by atoms with Crippen LogP contribution < -0.4 is 0 Å². The van der Waals surface area contributed by atoms with Crippen molar-refractivity contribution in [2.75, 3.05) is 32.7 Å². The van der Waals surface area contributed by atoms with Crippen LogP contribution in [-0.4, -0.2) is 71.8 Å². The minimum atomic E-state index is -0.194. The van der Waals surface area contributed by atoms with Crippen molar-refractivity contribution in [2.45, 2.75) is 25.4 Å². The summed E-state index contributed by atoms with van der Waals surface area (Å²) in [7, 11) is 0. The zero-order chi connectivity index (χ0) is 25.0. The first-order chi connectivity index (χ1) is 18.2. The average molecular weight is 499 g/mol. The molecule has 37 heavy (non-hydrogen) atoms. The summed E-state index contributed by atoms with van der Waals surface area (Å²) in [5.41, 5.74) is 4.72. The van der Waals surface area contributed by atoms with Gasteiger partial charge in [0.1, 0.15) is 18.5 Å². The zero-order valence-electron chi connectivity index (χ0n) is 20.7. The van der Waals surface area contributed by atoms with Crippen molar-refractivity contribution in [3.8, 4) is 5.69 Å². The predicted molar refractivity (Wildman–Crippen MR) is 141 cm³/mol. The Bertz CT molecular complexity index is 1400. The molecule has 0 amide bonds. The molecule has 190 valence electrons. The first kappa shape index (κ1) is 23.6. The molecule has 1 saturated heterocycles. The van der Waals surface area contributed by atoms with Crippen molar-refractivity contribution >= 4 is 10.9 Å². The van der Waals surface area contributed by atoms with Crippen molar-refractivity contribution in [2.24, 2.45) is 0 Å². The second kappa shape index (κ2) is 10.7. The fourth-order valence-corrected chi connectivity index (χ4v) is 5.37. The summed E-state index contributed by atoms with van der Waals surface area (Å²) < 4.78 is 17.6. The van der Waals surface area contributed by atoms with Crippen molar-refractivity contribution in [1.29, 1.82) is 0 Å². The minimum absolute atomic E-state index is 0.194. The molecular weight excluding hydrogens is 467 g/mol. The van der Waals surface area contributed by atoms with Crippen LogP contribution in [0.25, 0.3) is 16.6 Å². The standard InChI is InChI=1S/C28H31FN8/c29-24-5-3-22(4-6-24)28(18-35-11-9-30-19-35)36-14-12-34(13-15-36)10-1-2-23-17-31-27-8-7-25(16-26(23)27)37-20-32-33-21-37/h3-9,11,16-17,19-21,28,31H,1-2,10,12-15,18H2. The van der Waals surface area contributed by atoms with Gasteiger partial charge in [0.15, 0.2) is 0 Å². The van der Waals surface area contributed by atoms with E-state index in [1.807, 2.05) is 35.4 Å². The molecule has 3 aromatic heterocycles. The monoisotopic (exact) mass is 498 g/mol. The van der Waals surface area contributed by atoms with Gasteiger partial charge in [-0.3, -0.25) is 9.47 Å². The van der Waals surface area contributed by atoms with Crippen LogP contribution in [0, 0.1) is 5.82 Å². The summed E-state index contributed by atoms with van der Waals surface area (Å²) in [6, 6.07) is 13.6. The smallest absolute Gasteiger partial charge is 0.123 e. The van der Waals surface area contributed by atoms with Gasteiger partial charge < -0.3 is 14.5 Å². The second-order valence-corrected chi connectivity index (χ2v) is 9.72. The summed E-state index contributed by atoms with van der Waals surface area (Å²) in [6.07, 6.45) is 13.4. The van der Waals surface area contributed by atoms with Gasteiger partial charge in [-0.2, -0.15) is 0 Å². The van der Waals surface area contributed by atoms with E-state index in [9.17, 15) is 4.39 Å². The first-order valence-electron chi connectivity index (χ1n) is 12.9. The number of piperazine rings is 1. The molecule has 2 aromatic carbocycles.